The number of carbonyl (C=O) groups is 1. The Balaban J connectivity index is 1.67. The molecule has 21 heavy (non-hydrogen) atoms. The van der Waals surface area contributed by atoms with Crippen LogP contribution in [-0.4, -0.2) is 28.9 Å². The molecule has 0 aliphatic carbocycles. The Morgan fingerprint density at radius 3 is 2.67 bits per heavy atom. The van der Waals surface area contributed by atoms with Crippen LogP contribution in [0, 0.1) is 6.92 Å². The van der Waals surface area contributed by atoms with Crippen LogP contribution in [-0.2, 0) is 0 Å². The van der Waals surface area contributed by atoms with Crippen LogP contribution in [0.1, 0.15) is 41.8 Å². The van der Waals surface area contributed by atoms with Crippen molar-refractivity contribution >= 4 is 16.9 Å². The Labute approximate surface area is 123 Å². The maximum Gasteiger partial charge on any atom is 0.290 e. The van der Waals surface area contributed by atoms with Gasteiger partial charge in [0.15, 0.2) is 5.76 Å². The summed E-state index contributed by atoms with van der Waals surface area (Å²) in [5.74, 6) is 0.492. The predicted molar refractivity (Wildman–Crippen MR) is 81.1 cm³/mol. The first-order valence-electron chi connectivity index (χ1n) is 7.70. The van der Waals surface area contributed by atoms with E-state index in [0.29, 0.717) is 17.8 Å². The Hall–Kier alpha value is -1.81. The number of amides is 1. The van der Waals surface area contributed by atoms with Gasteiger partial charge in [0.05, 0.1) is 0 Å². The molecule has 2 saturated heterocycles. The molecule has 1 amide bonds. The molecule has 2 fully saturated rings. The molecule has 2 N–H and O–H groups in total. The van der Waals surface area contributed by atoms with Gasteiger partial charge < -0.3 is 15.1 Å². The van der Waals surface area contributed by atoms with Crippen molar-refractivity contribution in [3.63, 3.8) is 0 Å². The van der Waals surface area contributed by atoms with Crippen LogP contribution in [0.25, 0.3) is 11.0 Å². The summed E-state index contributed by atoms with van der Waals surface area (Å²) in [5, 5.41) is 0.999. The van der Waals surface area contributed by atoms with Gasteiger partial charge in [0, 0.05) is 23.5 Å². The SMILES string of the molecule is Cc1ccc2oc(C(=O)N3C4CCC3CC(N)C4)cc2c1. The molecule has 0 saturated carbocycles. The first kappa shape index (κ1) is 12.9. The van der Waals surface area contributed by atoms with Crippen molar-refractivity contribution in [1.29, 1.82) is 0 Å². The highest BCUT2D eigenvalue weighted by Crippen LogP contribution is 2.36. The number of nitrogens with two attached hydrogens (primary N) is 1. The van der Waals surface area contributed by atoms with E-state index in [9.17, 15) is 4.79 Å². The van der Waals surface area contributed by atoms with Crippen molar-refractivity contribution in [3.05, 3.63) is 35.6 Å². The highest BCUT2D eigenvalue weighted by molar-refractivity contribution is 5.96. The molecule has 4 rings (SSSR count). The summed E-state index contributed by atoms with van der Waals surface area (Å²) in [4.78, 5) is 14.8. The summed E-state index contributed by atoms with van der Waals surface area (Å²) >= 11 is 0. The van der Waals surface area contributed by atoms with Gasteiger partial charge in [-0.2, -0.15) is 0 Å². The van der Waals surface area contributed by atoms with Crippen molar-refractivity contribution in [3.8, 4) is 0 Å². The smallest absolute Gasteiger partial charge is 0.290 e. The normalized spacial score (nSPS) is 28.3. The molecule has 2 aliphatic heterocycles. The molecule has 110 valence electrons. The molecule has 2 aliphatic rings. The Morgan fingerprint density at radius 1 is 1.24 bits per heavy atom. The number of benzene rings is 1. The van der Waals surface area contributed by atoms with Gasteiger partial charge in [-0.15, -0.1) is 0 Å². The fourth-order valence-corrected chi connectivity index (χ4v) is 3.95. The van der Waals surface area contributed by atoms with Crippen molar-refractivity contribution in [2.75, 3.05) is 0 Å². The largest absolute Gasteiger partial charge is 0.451 e. The molecule has 0 spiro atoms. The average molecular weight is 284 g/mol. The first-order chi connectivity index (χ1) is 10.1. The first-order valence-corrected chi connectivity index (χ1v) is 7.70. The summed E-state index contributed by atoms with van der Waals surface area (Å²) < 4.78 is 5.77. The lowest BCUT2D eigenvalue weighted by atomic mass is 9.98. The molecule has 1 aromatic carbocycles. The summed E-state index contributed by atoms with van der Waals surface area (Å²) in [6.07, 6.45) is 3.98. The standard InChI is InChI=1S/C17H20N2O2/c1-10-2-5-15-11(6-10)7-16(21-15)17(20)19-13-3-4-14(19)9-12(18)8-13/h2,5-7,12-14H,3-4,8-9,18H2,1H3. The van der Waals surface area contributed by atoms with Crippen LogP contribution < -0.4 is 5.73 Å². The molecule has 1 aromatic heterocycles. The van der Waals surface area contributed by atoms with Gasteiger partial charge in [-0.05, 0) is 50.8 Å². The van der Waals surface area contributed by atoms with Crippen LogP contribution in [0.2, 0.25) is 0 Å². The van der Waals surface area contributed by atoms with Crippen molar-refractivity contribution in [1.82, 2.24) is 4.90 Å². The zero-order valence-electron chi connectivity index (χ0n) is 12.2. The zero-order valence-corrected chi connectivity index (χ0v) is 12.2. The number of furan rings is 1. The highest BCUT2D eigenvalue weighted by atomic mass is 16.3. The molecule has 2 unspecified atom stereocenters. The summed E-state index contributed by atoms with van der Waals surface area (Å²) in [7, 11) is 0. The third kappa shape index (κ3) is 2.05. The molecule has 2 atom stereocenters. The van der Waals surface area contributed by atoms with Gasteiger partial charge in [-0.3, -0.25) is 4.79 Å². The molecule has 4 heteroatoms. The van der Waals surface area contributed by atoms with Crippen molar-refractivity contribution < 1.29 is 9.21 Å². The number of aryl methyl sites for hydroxylation is 1. The fourth-order valence-electron chi connectivity index (χ4n) is 3.95. The lowest BCUT2D eigenvalue weighted by Gasteiger charge is -2.37. The Morgan fingerprint density at radius 2 is 1.95 bits per heavy atom. The maximum atomic E-state index is 12.8. The van der Waals surface area contributed by atoms with Crippen LogP contribution >= 0.6 is 0 Å². The monoisotopic (exact) mass is 284 g/mol. The van der Waals surface area contributed by atoms with E-state index in [0.717, 1.165) is 36.7 Å². The van der Waals surface area contributed by atoms with E-state index in [2.05, 4.69) is 6.07 Å². The number of nitrogens with zero attached hydrogens (tertiary/aromatic N) is 1. The highest BCUT2D eigenvalue weighted by Gasteiger charge is 2.43. The van der Waals surface area contributed by atoms with E-state index in [1.165, 1.54) is 5.56 Å². The van der Waals surface area contributed by atoms with E-state index in [-0.39, 0.29) is 11.9 Å². The van der Waals surface area contributed by atoms with Crippen LogP contribution in [0.3, 0.4) is 0 Å². The van der Waals surface area contributed by atoms with Gasteiger partial charge in [-0.25, -0.2) is 0 Å². The topological polar surface area (TPSA) is 59.5 Å². The minimum Gasteiger partial charge on any atom is -0.451 e. The quantitative estimate of drug-likeness (QED) is 0.876. The molecule has 2 aromatic rings. The lowest BCUT2D eigenvalue weighted by molar-refractivity contribution is 0.0545. The zero-order chi connectivity index (χ0) is 14.6. The second-order valence-electron chi connectivity index (χ2n) is 6.48. The maximum absolute atomic E-state index is 12.8. The van der Waals surface area contributed by atoms with Gasteiger partial charge in [-0.1, -0.05) is 11.6 Å². The summed E-state index contributed by atoms with van der Waals surface area (Å²) in [6.45, 7) is 2.04. The van der Waals surface area contributed by atoms with Crippen molar-refractivity contribution in [2.24, 2.45) is 5.73 Å². The average Bonchev–Trinajstić information content (AvgIpc) is 2.97. The van der Waals surface area contributed by atoms with Gasteiger partial charge in [0.1, 0.15) is 5.58 Å². The van der Waals surface area contributed by atoms with E-state index in [4.69, 9.17) is 10.2 Å². The summed E-state index contributed by atoms with van der Waals surface area (Å²) in [5.41, 5.74) is 8.03. The molecule has 4 nitrogen and oxygen atoms in total. The number of fused-ring (bicyclic) bond motifs is 3. The Kier molecular flexibility index (Phi) is 2.82. The van der Waals surface area contributed by atoms with E-state index in [1.807, 2.05) is 30.0 Å². The molecule has 0 radical (unpaired) electrons. The number of rotatable bonds is 1. The second kappa shape index (κ2) is 4.60. The second-order valence-corrected chi connectivity index (χ2v) is 6.48. The van der Waals surface area contributed by atoms with Gasteiger partial charge in [0.2, 0.25) is 0 Å². The van der Waals surface area contributed by atoms with E-state index in [1.54, 1.807) is 0 Å². The molecular formula is C17H20N2O2. The number of piperidine rings is 1. The van der Waals surface area contributed by atoms with Crippen LogP contribution in [0.15, 0.2) is 28.7 Å². The van der Waals surface area contributed by atoms with E-state index < -0.39 is 0 Å². The molecular weight excluding hydrogens is 264 g/mol. The number of hydrogen-bond acceptors (Lipinski definition) is 3. The molecule has 3 heterocycles. The Bertz CT molecular complexity index is 692. The molecule has 2 bridgehead atoms. The third-order valence-electron chi connectivity index (χ3n) is 4.89. The van der Waals surface area contributed by atoms with Crippen LogP contribution in [0.5, 0.6) is 0 Å². The number of hydrogen-bond donors (Lipinski definition) is 1. The third-order valence-corrected chi connectivity index (χ3v) is 4.89. The van der Waals surface area contributed by atoms with Gasteiger partial charge >= 0.3 is 0 Å². The van der Waals surface area contributed by atoms with E-state index >= 15 is 0 Å². The summed E-state index contributed by atoms with van der Waals surface area (Å²) in [6, 6.07) is 8.69. The number of carbonyl (C=O) groups excluding carboxylic acids is 1. The lowest BCUT2D eigenvalue weighted by Crippen LogP contribution is -2.50. The van der Waals surface area contributed by atoms with Gasteiger partial charge in [0.25, 0.3) is 5.91 Å². The minimum absolute atomic E-state index is 0.0308. The minimum atomic E-state index is 0.0308. The fraction of sp³-hybridized carbons (Fsp3) is 0.471. The van der Waals surface area contributed by atoms with Crippen molar-refractivity contribution in [2.45, 2.75) is 50.7 Å². The predicted octanol–water partition coefficient (Wildman–Crippen LogP) is 2.84. The van der Waals surface area contributed by atoms with Crippen LogP contribution in [0.4, 0.5) is 0 Å².